The van der Waals surface area contributed by atoms with E-state index in [0.29, 0.717) is 18.8 Å². The minimum atomic E-state index is -1.25. The molecule has 0 aromatic heterocycles. The molecule has 2 atom stereocenters. The van der Waals surface area contributed by atoms with E-state index in [1.807, 2.05) is 0 Å². The van der Waals surface area contributed by atoms with E-state index in [0.717, 1.165) is 31.3 Å². The van der Waals surface area contributed by atoms with Crippen molar-refractivity contribution >= 4 is 0 Å². The third-order valence-corrected chi connectivity index (χ3v) is 8.20. The molecule has 0 radical (unpaired) electrons. The summed E-state index contributed by atoms with van der Waals surface area (Å²) in [4.78, 5) is 0. The van der Waals surface area contributed by atoms with Crippen LogP contribution in [0.15, 0.2) is 24.3 Å². The van der Waals surface area contributed by atoms with Crippen LogP contribution in [0.25, 0.3) is 11.1 Å². The van der Waals surface area contributed by atoms with Crippen molar-refractivity contribution in [2.24, 2.45) is 17.8 Å². The van der Waals surface area contributed by atoms with Gasteiger partial charge in [0, 0.05) is 11.1 Å². The molecule has 36 heavy (non-hydrogen) atoms. The zero-order chi connectivity index (χ0) is 25.7. The highest BCUT2D eigenvalue weighted by Crippen LogP contribution is 2.39. The molecule has 1 aliphatic carbocycles. The molecule has 2 aromatic carbocycles. The van der Waals surface area contributed by atoms with Crippen molar-refractivity contribution in [2.75, 3.05) is 13.2 Å². The normalized spacial score (nSPS) is 24.6. The predicted molar refractivity (Wildman–Crippen MR) is 134 cm³/mol. The van der Waals surface area contributed by atoms with Crippen LogP contribution in [0, 0.1) is 41.0 Å². The SMILES string of the molecule is CCCC1CCC(C2CCC(CCc3ccc(-c4ccc(OCC)c(F)c4F)c(F)c3F)OC2)CC1. The van der Waals surface area contributed by atoms with Crippen LogP contribution in [0.4, 0.5) is 17.6 Å². The zero-order valence-corrected chi connectivity index (χ0v) is 21.4. The molecule has 0 amide bonds. The zero-order valence-electron chi connectivity index (χ0n) is 21.4. The Hall–Kier alpha value is -2.08. The van der Waals surface area contributed by atoms with E-state index in [4.69, 9.17) is 9.47 Å². The van der Waals surface area contributed by atoms with Crippen molar-refractivity contribution in [3.8, 4) is 16.9 Å². The molecule has 2 fully saturated rings. The Kier molecular flexibility index (Phi) is 9.32. The van der Waals surface area contributed by atoms with Gasteiger partial charge in [0.2, 0.25) is 5.82 Å². The van der Waals surface area contributed by atoms with Crippen molar-refractivity contribution in [1.29, 1.82) is 0 Å². The Morgan fingerprint density at radius 2 is 1.42 bits per heavy atom. The summed E-state index contributed by atoms with van der Waals surface area (Å²) < 4.78 is 69.7. The van der Waals surface area contributed by atoms with Gasteiger partial charge in [0.05, 0.1) is 19.3 Å². The Labute approximate surface area is 212 Å². The lowest BCUT2D eigenvalue weighted by molar-refractivity contribution is -0.0418. The summed E-state index contributed by atoms with van der Waals surface area (Å²) in [6, 6.07) is 5.22. The highest BCUT2D eigenvalue weighted by molar-refractivity contribution is 5.66. The molecule has 2 unspecified atom stereocenters. The van der Waals surface area contributed by atoms with Crippen LogP contribution in [-0.2, 0) is 11.2 Å². The molecule has 1 saturated carbocycles. The largest absolute Gasteiger partial charge is 0.491 e. The van der Waals surface area contributed by atoms with Crippen molar-refractivity contribution in [3.05, 3.63) is 53.1 Å². The van der Waals surface area contributed by atoms with Crippen molar-refractivity contribution in [2.45, 2.75) is 84.2 Å². The number of hydrogen-bond donors (Lipinski definition) is 0. The third-order valence-electron chi connectivity index (χ3n) is 8.20. The van der Waals surface area contributed by atoms with Gasteiger partial charge in [-0.1, -0.05) is 44.7 Å². The van der Waals surface area contributed by atoms with Gasteiger partial charge in [-0.05, 0) is 80.9 Å². The highest BCUT2D eigenvalue weighted by atomic mass is 19.2. The van der Waals surface area contributed by atoms with Crippen LogP contribution in [0.2, 0.25) is 0 Å². The fourth-order valence-corrected chi connectivity index (χ4v) is 6.10. The number of halogens is 4. The summed E-state index contributed by atoms with van der Waals surface area (Å²) in [6.07, 6.45) is 11.0. The molecular formula is C30H38F4O2. The lowest BCUT2D eigenvalue weighted by Crippen LogP contribution is -2.32. The molecule has 6 heteroatoms. The van der Waals surface area contributed by atoms with Gasteiger partial charge in [-0.2, -0.15) is 4.39 Å². The van der Waals surface area contributed by atoms with Gasteiger partial charge in [-0.25, -0.2) is 13.2 Å². The molecule has 0 bridgehead atoms. The van der Waals surface area contributed by atoms with Gasteiger partial charge >= 0.3 is 0 Å². The van der Waals surface area contributed by atoms with E-state index in [1.165, 1.54) is 62.8 Å². The second-order valence-electron chi connectivity index (χ2n) is 10.5. The van der Waals surface area contributed by atoms with E-state index < -0.39 is 23.3 Å². The number of ether oxygens (including phenoxy) is 2. The lowest BCUT2D eigenvalue weighted by Gasteiger charge is -2.38. The highest BCUT2D eigenvalue weighted by Gasteiger charge is 2.31. The molecule has 0 N–H and O–H groups in total. The Bertz CT molecular complexity index is 1010. The minimum Gasteiger partial charge on any atom is -0.491 e. The smallest absolute Gasteiger partial charge is 0.201 e. The average molecular weight is 507 g/mol. The van der Waals surface area contributed by atoms with Crippen LogP contribution in [-0.4, -0.2) is 19.3 Å². The molecule has 2 aromatic rings. The minimum absolute atomic E-state index is 0.0393. The maximum atomic E-state index is 14.9. The summed E-state index contributed by atoms with van der Waals surface area (Å²) in [5, 5.41) is 0. The van der Waals surface area contributed by atoms with Gasteiger partial charge < -0.3 is 9.47 Å². The Balaban J connectivity index is 1.32. The number of benzene rings is 2. The maximum Gasteiger partial charge on any atom is 0.201 e. The molecule has 4 rings (SSSR count). The molecule has 2 aliphatic rings. The van der Waals surface area contributed by atoms with E-state index >= 15 is 0 Å². The third kappa shape index (κ3) is 6.07. The molecule has 0 spiro atoms. The molecule has 198 valence electrons. The summed E-state index contributed by atoms with van der Waals surface area (Å²) in [5.74, 6) is -2.63. The van der Waals surface area contributed by atoms with E-state index in [-0.39, 0.29) is 35.2 Å². The van der Waals surface area contributed by atoms with E-state index in [9.17, 15) is 17.6 Å². The fraction of sp³-hybridized carbons (Fsp3) is 0.600. The van der Waals surface area contributed by atoms with Crippen molar-refractivity contribution < 1.29 is 27.0 Å². The van der Waals surface area contributed by atoms with Crippen LogP contribution >= 0.6 is 0 Å². The van der Waals surface area contributed by atoms with Crippen molar-refractivity contribution in [1.82, 2.24) is 0 Å². The summed E-state index contributed by atoms with van der Waals surface area (Å²) in [7, 11) is 0. The van der Waals surface area contributed by atoms with Crippen LogP contribution in [0.3, 0.4) is 0 Å². The van der Waals surface area contributed by atoms with Gasteiger partial charge in [0.15, 0.2) is 23.2 Å². The Morgan fingerprint density at radius 1 is 0.750 bits per heavy atom. The summed E-state index contributed by atoms with van der Waals surface area (Å²) in [5.41, 5.74) is -0.409. The van der Waals surface area contributed by atoms with Crippen LogP contribution in [0.1, 0.15) is 77.2 Å². The first-order valence-electron chi connectivity index (χ1n) is 13.6. The molecule has 2 nitrogen and oxygen atoms in total. The second-order valence-corrected chi connectivity index (χ2v) is 10.5. The first kappa shape index (κ1) is 27.0. The topological polar surface area (TPSA) is 18.5 Å². The standard InChI is InChI=1S/C30H38F4O2/c1-3-5-19-6-8-20(9-7-19)22-11-14-23(36-18-22)13-10-21-12-15-24(28(32)27(21)31)25-16-17-26(35-4-2)30(34)29(25)33/h12,15-17,19-20,22-23H,3-11,13-14,18H2,1-2H3. The van der Waals surface area contributed by atoms with Gasteiger partial charge in [0.1, 0.15) is 0 Å². The number of rotatable bonds is 9. The second kappa shape index (κ2) is 12.4. The van der Waals surface area contributed by atoms with Crippen LogP contribution < -0.4 is 4.74 Å². The van der Waals surface area contributed by atoms with Gasteiger partial charge in [0.25, 0.3) is 0 Å². The van der Waals surface area contributed by atoms with Crippen LogP contribution in [0.5, 0.6) is 5.75 Å². The summed E-state index contributed by atoms with van der Waals surface area (Å²) in [6.45, 7) is 4.83. The summed E-state index contributed by atoms with van der Waals surface area (Å²) >= 11 is 0. The predicted octanol–water partition coefficient (Wildman–Crippen LogP) is 8.64. The Morgan fingerprint density at radius 3 is 2.06 bits per heavy atom. The van der Waals surface area contributed by atoms with Gasteiger partial charge in [-0.15, -0.1) is 0 Å². The fourth-order valence-electron chi connectivity index (χ4n) is 6.10. The number of hydrogen-bond acceptors (Lipinski definition) is 2. The maximum absolute atomic E-state index is 14.9. The lowest BCUT2D eigenvalue weighted by atomic mass is 9.73. The molecular weight excluding hydrogens is 468 g/mol. The monoisotopic (exact) mass is 506 g/mol. The molecule has 1 heterocycles. The average Bonchev–Trinajstić information content (AvgIpc) is 2.89. The molecule has 1 aliphatic heterocycles. The number of aryl methyl sites for hydroxylation is 1. The van der Waals surface area contributed by atoms with E-state index in [1.54, 1.807) is 6.92 Å². The van der Waals surface area contributed by atoms with Gasteiger partial charge in [-0.3, -0.25) is 0 Å². The first-order chi connectivity index (χ1) is 17.4. The van der Waals surface area contributed by atoms with E-state index in [2.05, 4.69) is 6.92 Å². The quantitative estimate of drug-likeness (QED) is 0.317. The molecule has 1 saturated heterocycles. The first-order valence-corrected chi connectivity index (χ1v) is 13.6. The van der Waals surface area contributed by atoms with Crippen molar-refractivity contribution in [3.63, 3.8) is 0 Å².